The summed E-state index contributed by atoms with van der Waals surface area (Å²) in [7, 11) is 1.93. The Bertz CT molecular complexity index is 359. The fraction of sp³-hybridized carbons (Fsp3) is 0.533. The molecule has 0 fully saturated rings. The van der Waals surface area contributed by atoms with Crippen LogP contribution < -0.4 is 10.6 Å². The molecule has 0 bridgehead atoms. The smallest absolute Gasteiger partial charge is 0.223 e. The molecule has 3 heteroatoms. The Kier molecular flexibility index (Phi) is 6.44. The highest BCUT2D eigenvalue weighted by Gasteiger charge is 2.11. The van der Waals surface area contributed by atoms with Gasteiger partial charge in [-0.15, -0.1) is 0 Å². The summed E-state index contributed by atoms with van der Waals surface area (Å²) in [6, 6.07) is 8.25. The van der Waals surface area contributed by atoms with Gasteiger partial charge in [0, 0.05) is 12.5 Å². The minimum absolute atomic E-state index is 0.0869. The number of aryl methyl sites for hydroxylation is 1. The first-order valence-corrected chi connectivity index (χ1v) is 6.61. The first-order valence-electron chi connectivity index (χ1n) is 6.61. The first-order chi connectivity index (χ1) is 8.63. The molecule has 1 atom stereocenters. The summed E-state index contributed by atoms with van der Waals surface area (Å²) in [5.41, 5.74) is 2.39. The maximum absolute atomic E-state index is 11.8. The quantitative estimate of drug-likeness (QED) is 0.727. The molecule has 0 aromatic heterocycles. The Labute approximate surface area is 110 Å². The fourth-order valence-electron chi connectivity index (χ4n) is 1.79. The molecule has 1 amide bonds. The Hall–Kier alpha value is -1.35. The van der Waals surface area contributed by atoms with E-state index in [1.54, 1.807) is 0 Å². The molecule has 2 N–H and O–H groups in total. The molecule has 1 aromatic rings. The third-order valence-corrected chi connectivity index (χ3v) is 3.10. The largest absolute Gasteiger partial charge is 0.352 e. The zero-order chi connectivity index (χ0) is 13.4. The summed E-state index contributed by atoms with van der Waals surface area (Å²) in [5.74, 6) is 0.232. The maximum atomic E-state index is 11.8. The van der Waals surface area contributed by atoms with Crippen molar-refractivity contribution in [3.05, 3.63) is 35.4 Å². The van der Waals surface area contributed by atoms with Crippen LogP contribution >= 0.6 is 0 Å². The van der Waals surface area contributed by atoms with Gasteiger partial charge in [-0.2, -0.15) is 0 Å². The monoisotopic (exact) mass is 248 g/mol. The highest BCUT2D eigenvalue weighted by atomic mass is 16.1. The molecule has 0 spiro atoms. The van der Waals surface area contributed by atoms with Gasteiger partial charge in [-0.25, -0.2) is 0 Å². The van der Waals surface area contributed by atoms with E-state index in [9.17, 15) is 4.79 Å². The lowest BCUT2D eigenvalue weighted by atomic mass is 10.0. The van der Waals surface area contributed by atoms with Gasteiger partial charge in [-0.1, -0.05) is 36.8 Å². The minimum atomic E-state index is 0.0869. The highest BCUT2D eigenvalue weighted by molar-refractivity contribution is 5.78. The normalized spacial score (nSPS) is 12.2. The van der Waals surface area contributed by atoms with E-state index in [0.717, 1.165) is 24.9 Å². The molecule has 0 radical (unpaired) electrons. The Morgan fingerprint density at radius 3 is 2.56 bits per heavy atom. The van der Waals surface area contributed by atoms with Gasteiger partial charge in [0.1, 0.15) is 0 Å². The number of rotatable bonds is 7. The molecule has 3 nitrogen and oxygen atoms in total. The number of nitrogens with one attached hydrogen (secondary N) is 2. The molecule has 0 saturated heterocycles. The minimum Gasteiger partial charge on any atom is -0.352 e. The summed E-state index contributed by atoms with van der Waals surface area (Å²) < 4.78 is 0. The fourth-order valence-corrected chi connectivity index (χ4v) is 1.79. The molecule has 0 aliphatic heterocycles. The number of carbonyl (C=O) groups is 1. The van der Waals surface area contributed by atoms with Gasteiger partial charge < -0.3 is 10.6 Å². The van der Waals surface area contributed by atoms with Crippen molar-refractivity contribution in [2.75, 3.05) is 13.6 Å². The number of hydrogen-bond acceptors (Lipinski definition) is 2. The van der Waals surface area contributed by atoms with Crippen molar-refractivity contribution in [2.45, 2.75) is 33.2 Å². The molecule has 100 valence electrons. The van der Waals surface area contributed by atoms with Gasteiger partial charge in [0.25, 0.3) is 0 Å². The van der Waals surface area contributed by atoms with Crippen molar-refractivity contribution < 1.29 is 4.79 Å². The van der Waals surface area contributed by atoms with Gasteiger partial charge in [-0.3, -0.25) is 4.79 Å². The van der Waals surface area contributed by atoms with Crippen molar-refractivity contribution in [1.29, 1.82) is 0 Å². The van der Waals surface area contributed by atoms with Crippen LogP contribution in [0, 0.1) is 12.8 Å². The summed E-state index contributed by atoms with van der Waals surface area (Å²) in [5, 5.41) is 6.08. The third kappa shape index (κ3) is 5.32. The second kappa shape index (κ2) is 7.88. The van der Waals surface area contributed by atoms with E-state index >= 15 is 0 Å². The highest BCUT2D eigenvalue weighted by Crippen LogP contribution is 2.06. The zero-order valence-corrected chi connectivity index (χ0v) is 11.6. The molecule has 1 unspecified atom stereocenters. The average Bonchev–Trinajstić information content (AvgIpc) is 2.38. The molecule has 0 heterocycles. The van der Waals surface area contributed by atoms with E-state index in [-0.39, 0.29) is 11.8 Å². The number of amides is 1. The van der Waals surface area contributed by atoms with Gasteiger partial charge in [0.2, 0.25) is 5.91 Å². The average molecular weight is 248 g/mol. The van der Waals surface area contributed by atoms with Gasteiger partial charge >= 0.3 is 0 Å². The topological polar surface area (TPSA) is 41.1 Å². The van der Waals surface area contributed by atoms with Crippen LogP contribution in [-0.2, 0) is 11.3 Å². The Morgan fingerprint density at radius 1 is 1.28 bits per heavy atom. The van der Waals surface area contributed by atoms with Crippen molar-refractivity contribution in [3.63, 3.8) is 0 Å². The van der Waals surface area contributed by atoms with Crippen molar-refractivity contribution >= 4 is 5.91 Å². The van der Waals surface area contributed by atoms with Gasteiger partial charge in [0.15, 0.2) is 0 Å². The van der Waals surface area contributed by atoms with E-state index in [2.05, 4.69) is 41.8 Å². The van der Waals surface area contributed by atoms with Crippen LogP contribution in [0.15, 0.2) is 24.3 Å². The van der Waals surface area contributed by atoms with Crippen LogP contribution in [0.5, 0.6) is 0 Å². The second-order valence-electron chi connectivity index (χ2n) is 4.85. The van der Waals surface area contributed by atoms with Gasteiger partial charge in [0.05, 0.1) is 0 Å². The lowest BCUT2D eigenvalue weighted by Gasteiger charge is -2.12. The lowest BCUT2D eigenvalue weighted by molar-refractivity contribution is -0.124. The van der Waals surface area contributed by atoms with Crippen LogP contribution in [-0.4, -0.2) is 19.5 Å². The Morgan fingerprint density at radius 2 is 1.94 bits per heavy atom. The van der Waals surface area contributed by atoms with E-state index < -0.39 is 0 Å². The van der Waals surface area contributed by atoms with Crippen LogP contribution in [0.2, 0.25) is 0 Å². The molecular weight excluding hydrogens is 224 g/mol. The second-order valence-corrected chi connectivity index (χ2v) is 4.85. The molecule has 0 saturated carbocycles. The van der Waals surface area contributed by atoms with E-state index in [1.165, 1.54) is 5.56 Å². The molecular formula is C15H24N2O. The van der Waals surface area contributed by atoms with Crippen LogP contribution in [0.25, 0.3) is 0 Å². The summed E-state index contributed by atoms with van der Waals surface area (Å²) in [4.78, 5) is 11.8. The molecule has 18 heavy (non-hydrogen) atoms. The summed E-state index contributed by atoms with van der Waals surface area (Å²) >= 11 is 0. The van der Waals surface area contributed by atoms with Gasteiger partial charge in [-0.05, 0) is 38.9 Å². The van der Waals surface area contributed by atoms with E-state index in [0.29, 0.717) is 6.54 Å². The lowest BCUT2D eigenvalue weighted by Crippen LogP contribution is -2.29. The Balaban J connectivity index is 2.29. The predicted molar refractivity (Wildman–Crippen MR) is 75.4 cm³/mol. The van der Waals surface area contributed by atoms with Crippen LogP contribution in [0.4, 0.5) is 0 Å². The van der Waals surface area contributed by atoms with Crippen LogP contribution in [0.3, 0.4) is 0 Å². The van der Waals surface area contributed by atoms with Crippen molar-refractivity contribution in [3.8, 4) is 0 Å². The number of carbonyl (C=O) groups excluding carboxylic acids is 1. The number of benzene rings is 1. The summed E-state index contributed by atoms with van der Waals surface area (Å²) in [6.07, 6.45) is 1.97. The van der Waals surface area contributed by atoms with E-state index in [1.807, 2.05) is 14.0 Å². The zero-order valence-electron chi connectivity index (χ0n) is 11.6. The van der Waals surface area contributed by atoms with Crippen LogP contribution in [0.1, 0.15) is 30.9 Å². The molecule has 0 aliphatic rings. The summed E-state index contributed by atoms with van der Waals surface area (Å²) in [6.45, 7) is 5.64. The first kappa shape index (κ1) is 14.7. The maximum Gasteiger partial charge on any atom is 0.223 e. The van der Waals surface area contributed by atoms with Crippen molar-refractivity contribution in [1.82, 2.24) is 10.6 Å². The van der Waals surface area contributed by atoms with E-state index in [4.69, 9.17) is 0 Å². The van der Waals surface area contributed by atoms with Crippen molar-refractivity contribution in [2.24, 2.45) is 5.92 Å². The predicted octanol–water partition coefficient (Wildman–Crippen LogP) is 2.25. The third-order valence-electron chi connectivity index (χ3n) is 3.10. The number of hydrogen-bond donors (Lipinski definition) is 2. The standard InChI is InChI=1S/C15H24N2O/c1-12-6-8-14(9-7-12)11-17-15(18)13(2)5-4-10-16-3/h6-9,13,16H,4-5,10-11H2,1-3H3,(H,17,18). The molecule has 1 rings (SSSR count). The SMILES string of the molecule is CNCCCC(C)C(=O)NCc1ccc(C)cc1. The molecule has 1 aromatic carbocycles. The molecule has 0 aliphatic carbocycles.